The Morgan fingerprint density at radius 3 is 2.85 bits per heavy atom. The normalized spacial score (nSPS) is 10.3. The van der Waals surface area contributed by atoms with Crippen molar-refractivity contribution in [1.82, 2.24) is 15.2 Å². The highest BCUT2D eigenvalue weighted by Crippen LogP contribution is 2.04. The summed E-state index contributed by atoms with van der Waals surface area (Å²) in [6, 6.07) is 0.480. The smallest absolute Gasteiger partial charge is 0.335 e. The molecule has 0 fully saturated rings. The summed E-state index contributed by atoms with van der Waals surface area (Å²) >= 11 is 0. The molecule has 0 amide bonds. The molecule has 1 N–H and O–H groups in total. The number of unbranched alkanes of at least 4 members (excludes halogenated alkanes) is 1. The third-order valence-electron chi connectivity index (χ3n) is 1.71. The molecule has 0 saturated heterocycles. The van der Waals surface area contributed by atoms with Gasteiger partial charge in [0.2, 0.25) is 0 Å². The fourth-order valence-electron chi connectivity index (χ4n) is 0.992. The summed E-state index contributed by atoms with van der Waals surface area (Å²) in [5.74, 6) is 0.924. The third kappa shape index (κ3) is 3.44. The lowest BCUT2D eigenvalue weighted by molar-refractivity contribution is 0.293. The predicted molar refractivity (Wildman–Crippen MR) is 50.8 cm³/mol. The van der Waals surface area contributed by atoms with Crippen LogP contribution in [0.1, 0.15) is 38.9 Å². The van der Waals surface area contributed by atoms with Crippen LogP contribution in [0.2, 0.25) is 0 Å². The highest BCUT2D eigenvalue weighted by molar-refractivity contribution is 4.94. The lowest BCUT2D eigenvalue weighted by Crippen LogP contribution is -1.96. The Hall–Kier alpha value is -1.06. The summed E-state index contributed by atoms with van der Waals surface area (Å²) in [4.78, 5) is 4.20. The summed E-state index contributed by atoms with van der Waals surface area (Å²) in [6.07, 6.45) is 4.26. The molecule has 0 spiro atoms. The molecule has 0 saturated carbocycles. The topological polar surface area (TPSA) is 50.8 Å². The van der Waals surface area contributed by atoms with E-state index in [9.17, 15) is 0 Å². The zero-order valence-electron chi connectivity index (χ0n) is 8.34. The van der Waals surface area contributed by atoms with Crippen molar-refractivity contribution in [2.24, 2.45) is 0 Å². The van der Waals surface area contributed by atoms with Gasteiger partial charge in [-0.05, 0) is 12.8 Å². The van der Waals surface area contributed by atoms with Crippen molar-refractivity contribution in [3.8, 4) is 6.01 Å². The van der Waals surface area contributed by atoms with Gasteiger partial charge in [0, 0.05) is 6.42 Å². The van der Waals surface area contributed by atoms with Gasteiger partial charge in [-0.1, -0.05) is 20.3 Å². The maximum atomic E-state index is 5.26. The van der Waals surface area contributed by atoms with Crippen molar-refractivity contribution in [3.05, 3.63) is 5.82 Å². The van der Waals surface area contributed by atoms with E-state index in [-0.39, 0.29) is 0 Å². The molecule has 0 aliphatic heterocycles. The van der Waals surface area contributed by atoms with Crippen LogP contribution in [0.5, 0.6) is 6.01 Å². The van der Waals surface area contributed by atoms with Gasteiger partial charge in [0.05, 0.1) is 6.61 Å². The Labute approximate surface area is 78.7 Å². The maximum absolute atomic E-state index is 5.26. The molecule has 0 atom stereocenters. The molecule has 4 nitrogen and oxygen atoms in total. The molecule has 1 aromatic rings. The van der Waals surface area contributed by atoms with Gasteiger partial charge in [-0.15, -0.1) is 5.10 Å². The van der Waals surface area contributed by atoms with Gasteiger partial charge in [-0.3, -0.25) is 5.10 Å². The van der Waals surface area contributed by atoms with Crippen LogP contribution in [0.3, 0.4) is 0 Å². The summed E-state index contributed by atoms with van der Waals surface area (Å²) < 4.78 is 5.26. The van der Waals surface area contributed by atoms with Gasteiger partial charge >= 0.3 is 6.01 Å². The maximum Gasteiger partial charge on any atom is 0.335 e. The molecule has 0 aromatic carbocycles. The predicted octanol–water partition coefficient (Wildman–Crippen LogP) is 1.94. The van der Waals surface area contributed by atoms with Crippen LogP contribution in [-0.2, 0) is 6.42 Å². The van der Waals surface area contributed by atoms with E-state index in [4.69, 9.17) is 4.74 Å². The molecule has 74 valence electrons. The van der Waals surface area contributed by atoms with E-state index in [1.54, 1.807) is 0 Å². The number of hydrogen-bond acceptors (Lipinski definition) is 3. The Bertz CT molecular complexity index is 212. The summed E-state index contributed by atoms with van der Waals surface area (Å²) in [7, 11) is 0. The number of nitrogens with one attached hydrogen (secondary N) is 1. The first-order chi connectivity index (χ1) is 6.36. The minimum absolute atomic E-state index is 0.480. The first-order valence-electron chi connectivity index (χ1n) is 4.90. The van der Waals surface area contributed by atoms with E-state index in [1.807, 2.05) is 0 Å². The lowest BCUT2D eigenvalue weighted by atomic mass is 10.2. The number of aromatic amines is 1. The Morgan fingerprint density at radius 2 is 2.15 bits per heavy atom. The zero-order chi connectivity index (χ0) is 9.52. The van der Waals surface area contributed by atoms with Crippen molar-refractivity contribution in [1.29, 1.82) is 0 Å². The minimum Gasteiger partial charge on any atom is -0.462 e. The van der Waals surface area contributed by atoms with Crippen LogP contribution < -0.4 is 4.74 Å². The van der Waals surface area contributed by atoms with Crippen molar-refractivity contribution < 1.29 is 4.74 Å². The van der Waals surface area contributed by atoms with Crippen molar-refractivity contribution >= 4 is 0 Å². The number of nitrogens with zero attached hydrogens (tertiary/aromatic N) is 2. The van der Waals surface area contributed by atoms with Crippen LogP contribution in [-0.4, -0.2) is 21.8 Å². The monoisotopic (exact) mass is 183 g/mol. The molecule has 0 aliphatic carbocycles. The standard InChI is InChI=1S/C9H17N3O/c1-3-5-6-8-10-9(12-11-8)13-7-4-2/h3-7H2,1-2H3,(H,10,11,12). The van der Waals surface area contributed by atoms with E-state index < -0.39 is 0 Å². The van der Waals surface area contributed by atoms with E-state index in [0.717, 1.165) is 25.1 Å². The van der Waals surface area contributed by atoms with E-state index in [2.05, 4.69) is 29.0 Å². The molecule has 4 heteroatoms. The summed E-state index contributed by atoms with van der Waals surface area (Å²) in [6.45, 7) is 4.90. The Morgan fingerprint density at radius 1 is 1.31 bits per heavy atom. The Balaban J connectivity index is 2.34. The summed E-state index contributed by atoms with van der Waals surface area (Å²) in [5, 5.41) is 6.81. The fraction of sp³-hybridized carbons (Fsp3) is 0.778. The zero-order valence-corrected chi connectivity index (χ0v) is 8.34. The molecule has 0 radical (unpaired) electrons. The highest BCUT2D eigenvalue weighted by atomic mass is 16.5. The molecule has 0 bridgehead atoms. The largest absolute Gasteiger partial charge is 0.462 e. The molecule has 1 rings (SSSR count). The molecular weight excluding hydrogens is 166 g/mol. The number of hydrogen-bond donors (Lipinski definition) is 1. The first kappa shape index (κ1) is 10.0. The van der Waals surface area contributed by atoms with Gasteiger partial charge in [0.15, 0.2) is 0 Å². The van der Waals surface area contributed by atoms with E-state index in [1.165, 1.54) is 6.42 Å². The fourth-order valence-corrected chi connectivity index (χ4v) is 0.992. The van der Waals surface area contributed by atoms with Gasteiger partial charge in [0.25, 0.3) is 0 Å². The SMILES string of the molecule is CCCCc1nc(OCCC)n[nH]1. The molecule has 0 aliphatic rings. The van der Waals surface area contributed by atoms with E-state index in [0.29, 0.717) is 12.6 Å². The average Bonchev–Trinajstić information content (AvgIpc) is 2.59. The highest BCUT2D eigenvalue weighted by Gasteiger charge is 2.02. The number of aromatic nitrogens is 3. The van der Waals surface area contributed by atoms with Crippen LogP contribution in [0.25, 0.3) is 0 Å². The van der Waals surface area contributed by atoms with E-state index >= 15 is 0 Å². The average molecular weight is 183 g/mol. The molecule has 0 unspecified atom stereocenters. The van der Waals surface area contributed by atoms with Gasteiger partial charge in [-0.25, -0.2) is 0 Å². The second-order valence-corrected chi connectivity index (χ2v) is 3.02. The molecule has 1 aromatic heterocycles. The van der Waals surface area contributed by atoms with Gasteiger partial charge in [-0.2, -0.15) is 4.98 Å². The number of aryl methyl sites for hydroxylation is 1. The van der Waals surface area contributed by atoms with Gasteiger partial charge in [0.1, 0.15) is 5.82 Å². The molecule has 13 heavy (non-hydrogen) atoms. The number of rotatable bonds is 6. The van der Waals surface area contributed by atoms with Crippen LogP contribution in [0.4, 0.5) is 0 Å². The summed E-state index contributed by atoms with van der Waals surface area (Å²) in [5.41, 5.74) is 0. The second-order valence-electron chi connectivity index (χ2n) is 3.02. The minimum atomic E-state index is 0.480. The Kier molecular flexibility index (Phi) is 4.29. The van der Waals surface area contributed by atoms with Crippen molar-refractivity contribution in [2.45, 2.75) is 39.5 Å². The molecular formula is C9H17N3O. The second kappa shape index (κ2) is 5.56. The first-order valence-corrected chi connectivity index (χ1v) is 4.90. The van der Waals surface area contributed by atoms with Crippen LogP contribution in [0, 0.1) is 0 Å². The number of H-pyrrole nitrogens is 1. The number of ether oxygens (including phenoxy) is 1. The third-order valence-corrected chi connectivity index (χ3v) is 1.71. The van der Waals surface area contributed by atoms with Crippen LogP contribution >= 0.6 is 0 Å². The quantitative estimate of drug-likeness (QED) is 0.733. The van der Waals surface area contributed by atoms with Gasteiger partial charge < -0.3 is 4.74 Å². The van der Waals surface area contributed by atoms with Crippen LogP contribution in [0.15, 0.2) is 0 Å². The lowest BCUT2D eigenvalue weighted by Gasteiger charge is -1.95. The molecule has 1 heterocycles. The van der Waals surface area contributed by atoms with Crippen molar-refractivity contribution in [2.75, 3.05) is 6.61 Å². The van der Waals surface area contributed by atoms with Crippen molar-refractivity contribution in [3.63, 3.8) is 0 Å².